The molecule has 0 spiro atoms. The van der Waals surface area contributed by atoms with E-state index in [9.17, 15) is 15.2 Å². The molecule has 4 rings (SSSR count). The van der Waals surface area contributed by atoms with Crippen LogP contribution in [0.3, 0.4) is 0 Å². The van der Waals surface area contributed by atoms with Gasteiger partial charge in [0.2, 0.25) is 0 Å². The van der Waals surface area contributed by atoms with Crippen molar-refractivity contribution in [2.45, 2.75) is 82.2 Å². The van der Waals surface area contributed by atoms with E-state index in [2.05, 4.69) is 4.90 Å². The van der Waals surface area contributed by atoms with Gasteiger partial charge < -0.3 is 9.84 Å². The minimum atomic E-state index is -0.723. The Balaban J connectivity index is 1.82. The third kappa shape index (κ3) is 2.72. The van der Waals surface area contributed by atoms with Crippen LogP contribution in [-0.4, -0.2) is 38.7 Å². The molecule has 6 heteroatoms. The molecule has 1 N–H and O–H groups in total. The van der Waals surface area contributed by atoms with E-state index in [1.165, 1.54) is 18.9 Å². The van der Waals surface area contributed by atoms with Crippen LogP contribution in [0.15, 0.2) is 18.2 Å². The first-order valence-corrected chi connectivity index (χ1v) is 9.31. The first-order valence-electron chi connectivity index (χ1n) is 9.31. The highest BCUT2D eigenvalue weighted by molar-refractivity contribution is 5.48. The monoisotopic (exact) mass is 346 g/mol. The highest BCUT2D eigenvalue weighted by Gasteiger charge is 2.50. The van der Waals surface area contributed by atoms with E-state index in [-0.39, 0.29) is 16.7 Å². The highest BCUT2D eigenvalue weighted by atomic mass is 16.6. The summed E-state index contributed by atoms with van der Waals surface area (Å²) in [7, 11) is 0. The van der Waals surface area contributed by atoms with Crippen LogP contribution < -0.4 is 4.74 Å². The average molecular weight is 346 g/mol. The fourth-order valence-electron chi connectivity index (χ4n) is 5.01. The standard InChI is InChI=1S/C19H26N2O4/c1-19(2)18(22)17(20-12-5-3-6-13(20)8-4-7-12)15-11-14(21(23)24)9-10-16(15)25-19/h9-13,17-18,22H,3-8H2,1-2H3/t12?,13?,17-,18+/m1/s1. The molecule has 3 aliphatic heterocycles. The van der Waals surface area contributed by atoms with Crippen molar-refractivity contribution in [1.82, 2.24) is 4.90 Å². The lowest BCUT2D eigenvalue weighted by Gasteiger charge is -2.54. The SMILES string of the molecule is CC1(C)Oc2ccc([N+](=O)[O-])cc2[C@@H](N2C3CCCC2CCC3)[C@@H]1O. The van der Waals surface area contributed by atoms with Gasteiger partial charge in [0, 0.05) is 29.8 Å². The molecular weight excluding hydrogens is 320 g/mol. The lowest BCUT2D eigenvalue weighted by atomic mass is 9.78. The summed E-state index contributed by atoms with van der Waals surface area (Å²) in [6.45, 7) is 3.80. The maximum absolute atomic E-state index is 11.3. The summed E-state index contributed by atoms with van der Waals surface area (Å²) in [6, 6.07) is 5.44. The molecule has 2 saturated heterocycles. The third-order valence-corrected chi connectivity index (χ3v) is 6.22. The number of nitro groups is 1. The molecule has 1 aromatic carbocycles. The van der Waals surface area contributed by atoms with E-state index in [0.29, 0.717) is 17.8 Å². The number of piperidine rings is 2. The molecule has 3 aliphatic rings. The molecular formula is C19H26N2O4. The van der Waals surface area contributed by atoms with Gasteiger partial charge in [-0.1, -0.05) is 12.8 Å². The van der Waals surface area contributed by atoms with Gasteiger partial charge in [-0.05, 0) is 45.6 Å². The number of hydrogen-bond donors (Lipinski definition) is 1. The molecule has 2 bridgehead atoms. The number of nitro benzene ring substituents is 1. The molecule has 3 heterocycles. The molecule has 0 aliphatic carbocycles. The molecule has 25 heavy (non-hydrogen) atoms. The molecule has 0 aromatic heterocycles. The number of benzene rings is 1. The summed E-state index contributed by atoms with van der Waals surface area (Å²) in [5, 5.41) is 22.4. The predicted molar refractivity (Wildman–Crippen MR) is 93.7 cm³/mol. The van der Waals surface area contributed by atoms with Crippen LogP contribution in [0.1, 0.15) is 64.0 Å². The minimum absolute atomic E-state index is 0.0569. The molecule has 1 aromatic rings. The smallest absolute Gasteiger partial charge is 0.270 e. The van der Waals surface area contributed by atoms with Crippen molar-refractivity contribution in [2.75, 3.05) is 0 Å². The van der Waals surface area contributed by atoms with Gasteiger partial charge in [-0.25, -0.2) is 0 Å². The zero-order chi connectivity index (χ0) is 17.8. The second-order valence-corrected chi connectivity index (χ2v) is 8.19. The van der Waals surface area contributed by atoms with Gasteiger partial charge in [0.1, 0.15) is 17.5 Å². The van der Waals surface area contributed by atoms with Gasteiger partial charge in [0.05, 0.1) is 11.0 Å². The second kappa shape index (κ2) is 5.95. The van der Waals surface area contributed by atoms with Gasteiger partial charge in [0.25, 0.3) is 5.69 Å². The number of aliphatic hydroxyl groups excluding tert-OH is 1. The number of fused-ring (bicyclic) bond motifs is 3. The van der Waals surface area contributed by atoms with Gasteiger partial charge in [-0.15, -0.1) is 0 Å². The lowest BCUT2D eigenvalue weighted by molar-refractivity contribution is -0.385. The van der Waals surface area contributed by atoms with Crippen LogP contribution in [0.25, 0.3) is 0 Å². The van der Waals surface area contributed by atoms with Crippen LogP contribution >= 0.6 is 0 Å². The lowest BCUT2D eigenvalue weighted by Crippen LogP contribution is -2.60. The van der Waals surface area contributed by atoms with Crippen molar-refractivity contribution in [3.8, 4) is 5.75 Å². The van der Waals surface area contributed by atoms with E-state index < -0.39 is 11.7 Å². The predicted octanol–water partition coefficient (Wildman–Crippen LogP) is 3.57. The normalized spacial score (nSPS) is 34.0. The summed E-state index contributed by atoms with van der Waals surface area (Å²) in [4.78, 5) is 13.4. The Morgan fingerprint density at radius 1 is 1.20 bits per heavy atom. The van der Waals surface area contributed by atoms with Gasteiger partial charge >= 0.3 is 0 Å². The fourth-order valence-corrected chi connectivity index (χ4v) is 5.01. The van der Waals surface area contributed by atoms with Crippen molar-refractivity contribution < 1.29 is 14.8 Å². The summed E-state index contributed by atoms with van der Waals surface area (Å²) < 4.78 is 6.01. The van der Waals surface area contributed by atoms with Gasteiger partial charge in [-0.3, -0.25) is 15.0 Å². The Hall–Kier alpha value is -1.66. The quantitative estimate of drug-likeness (QED) is 0.654. The number of ether oxygens (including phenoxy) is 1. The van der Waals surface area contributed by atoms with Crippen LogP contribution in [-0.2, 0) is 0 Å². The minimum Gasteiger partial charge on any atom is -0.485 e. The Bertz CT molecular complexity index is 668. The summed E-state index contributed by atoms with van der Waals surface area (Å²) in [5.41, 5.74) is 0.0979. The zero-order valence-electron chi connectivity index (χ0n) is 14.9. The maximum Gasteiger partial charge on any atom is 0.270 e. The van der Waals surface area contributed by atoms with Crippen molar-refractivity contribution in [2.24, 2.45) is 0 Å². The molecule has 0 radical (unpaired) electrons. The van der Waals surface area contributed by atoms with Crippen LogP contribution in [0, 0.1) is 10.1 Å². The van der Waals surface area contributed by atoms with E-state index in [0.717, 1.165) is 31.2 Å². The third-order valence-electron chi connectivity index (χ3n) is 6.22. The summed E-state index contributed by atoms with van der Waals surface area (Å²) in [5.74, 6) is 0.662. The van der Waals surface area contributed by atoms with E-state index in [1.54, 1.807) is 12.1 Å². The summed E-state index contributed by atoms with van der Waals surface area (Å²) in [6.07, 6.45) is 6.32. The number of nitrogens with zero attached hydrogens (tertiary/aromatic N) is 2. The van der Waals surface area contributed by atoms with E-state index in [4.69, 9.17) is 4.74 Å². The molecule has 0 amide bonds. The molecule has 6 nitrogen and oxygen atoms in total. The van der Waals surface area contributed by atoms with Crippen molar-refractivity contribution in [1.29, 1.82) is 0 Å². The Morgan fingerprint density at radius 2 is 1.80 bits per heavy atom. The number of non-ortho nitro benzene ring substituents is 1. The molecule has 2 atom stereocenters. The van der Waals surface area contributed by atoms with Crippen LogP contribution in [0.5, 0.6) is 5.75 Å². The van der Waals surface area contributed by atoms with Gasteiger partial charge in [-0.2, -0.15) is 0 Å². The van der Waals surface area contributed by atoms with Crippen molar-refractivity contribution >= 4 is 5.69 Å². The first kappa shape index (κ1) is 16.8. The van der Waals surface area contributed by atoms with Crippen molar-refractivity contribution in [3.63, 3.8) is 0 Å². The number of hydrogen-bond acceptors (Lipinski definition) is 5. The number of rotatable bonds is 2. The Kier molecular flexibility index (Phi) is 4.00. The molecule has 0 saturated carbocycles. The zero-order valence-corrected chi connectivity index (χ0v) is 14.9. The molecule has 136 valence electrons. The topological polar surface area (TPSA) is 75.8 Å². The largest absolute Gasteiger partial charge is 0.485 e. The Labute approximate surface area is 147 Å². The summed E-state index contributed by atoms with van der Waals surface area (Å²) >= 11 is 0. The average Bonchev–Trinajstić information content (AvgIpc) is 2.55. The van der Waals surface area contributed by atoms with Crippen LogP contribution in [0.2, 0.25) is 0 Å². The van der Waals surface area contributed by atoms with Gasteiger partial charge in [0.15, 0.2) is 0 Å². The number of aliphatic hydroxyl groups is 1. The first-order chi connectivity index (χ1) is 11.9. The molecule has 0 unspecified atom stereocenters. The van der Waals surface area contributed by atoms with E-state index in [1.807, 2.05) is 13.8 Å². The van der Waals surface area contributed by atoms with Crippen LogP contribution in [0.4, 0.5) is 5.69 Å². The second-order valence-electron chi connectivity index (χ2n) is 8.19. The Morgan fingerprint density at radius 3 is 2.36 bits per heavy atom. The maximum atomic E-state index is 11.3. The fraction of sp³-hybridized carbons (Fsp3) is 0.684. The van der Waals surface area contributed by atoms with E-state index >= 15 is 0 Å². The van der Waals surface area contributed by atoms with Crippen molar-refractivity contribution in [3.05, 3.63) is 33.9 Å². The molecule has 2 fully saturated rings. The highest BCUT2D eigenvalue weighted by Crippen LogP contribution is 2.49.